The molecule has 130 valence electrons. The summed E-state index contributed by atoms with van der Waals surface area (Å²) in [7, 11) is -3.68. The Morgan fingerprint density at radius 3 is 2.50 bits per heavy atom. The summed E-state index contributed by atoms with van der Waals surface area (Å²) < 4.78 is 31.3. The molecule has 1 fully saturated rings. The van der Waals surface area contributed by atoms with Gasteiger partial charge in [0, 0.05) is 25.1 Å². The summed E-state index contributed by atoms with van der Waals surface area (Å²) in [6.07, 6.45) is 1.58. The third-order valence-corrected chi connectivity index (χ3v) is 5.07. The van der Waals surface area contributed by atoms with Gasteiger partial charge in [0.15, 0.2) is 5.54 Å². The van der Waals surface area contributed by atoms with Crippen molar-refractivity contribution in [2.45, 2.75) is 16.9 Å². The molecule has 1 aliphatic heterocycles. The van der Waals surface area contributed by atoms with Crippen LogP contribution in [0, 0.1) is 0 Å². The number of ether oxygens (including phenoxy) is 1. The third-order valence-electron chi connectivity index (χ3n) is 3.63. The van der Waals surface area contributed by atoms with E-state index in [1.165, 1.54) is 30.3 Å². The number of aliphatic carboxylic acids is 1. The maximum atomic E-state index is 12.2. The zero-order valence-electron chi connectivity index (χ0n) is 12.8. The highest BCUT2D eigenvalue weighted by Gasteiger charge is 2.44. The van der Waals surface area contributed by atoms with Crippen molar-refractivity contribution >= 4 is 21.9 Å². The molecule has 1 unspecified atom stereocenters. The highest BCUT2D eigenvalue weighted by atomic mass is 32.2. The minimum atomic E-state index is -3.68. The number of hydrogen-bond donors (Lipinski definition) is 3. The summed E-state index contributed by atoms with van der Waals surface area (Å²) in [5, 5.41) is 11.8. The van der Waals surface area contributed by atoms with Crippen molar-refractivity contribution in [2.24, 2.45) is 0 Å². The molecule has 0 aliphatic carbocycles. The molecule has 1 aromatic carbocycles. The van der Waals surface area contributed by atoms with Crippen LogP contribution in [-0.2, 0) is 19.6 Å². The molecule has 1 heterocycles. The molecule has 2 rings (SSSR count). The van der Waals surface area contributed by atoms with Crippen LogP contribution in [0.4, 0.5) is 0 Å². The van der Waals surface area contributed by atoms with Gasteiger partial charge in [-0.25, -0.2) is 17.9 Å². The fraction of sp³-hybridized carbons (Fsp3) is 0.333. The standard InChI is InChI=1S/C15H18N2O6S/c1-2-8-16-24(21,22)12-5-3-11(4-6-12)13(18)17-15(14(19)20)7-9-23-10-15/h2-6,16H,1,7-10H2,(H,17,18)(H,19,20). The van der Waals surface area contributed by atoms with Crippen LogP contribution >= 0.6 is 0 Å². The molecule has 1 aromatic rings. The molecule has 24 heavy (non-hydrogen) atoms. The fourth-order valence-electron chi connectivity index (χ4n) is 2.21. The van der Waals surface area contributed by atoms with Crippen molar-refractivity contribution in [3.63, 3.8) is 0 Å². The molecule has 1 atom stereocenters. The molecular formula is C15H18N2O6S. The second kappa shape index (κ2) is 7.12. The Balaban J connectivity index is 2.14. The molecule has 0 aromatic heterocycles. The van der Waals surface area contributed by atoms with Gasteiger partial charge in [-0.05, 0) is 24.3 Å². The van der Waals surface area contributed by atoms with Crippen molar-refractivity contribution in [2.75, 3.05) is 19.8 Å². The molecule has 0 spiro atoms. The van der Waals surface area contributed by atoms with Gasteiger partial charge in [0.25, 0.3) is 5.91 Å². The van der Waals surface area contributed by atoms with Crippen molar-refractivity contribution in [1.82, 2.24) is 10.0 Å². The smallest absolute Gasteiger partial charge is 0.331 e. The summed E-state index contributed by atoms with van der Waals surface area (Å²) in [5.41, 5.74) is -1.29. The summed E-state index contributed by atoms with van der Waals surface area (Å²) in [5.74, 6) is -1.77. The van der Waals surface area contributed by atoms with Gasteiger partial charge >= 0.3 is 5.97 Å². The first-order chi connectivity index (χ1) is 11.3. The number of benzene rings is 1. The van der Waals surface area contributed by atoms with Crippen LogP contribution in [0.1, 0.15) is 16.8 Å². The van der Waals surface area contributed by atoms with Gasteiger partial charge in [0.1, 0.15) is 0 Å². The van der Waals surface area contributed by atoms with E-state index in [0.717, 1.165) is 0 Å². The molecular weight excluding hydrogens is 336 g/mol. The first-order valence-corrected chi connectivity index (χ1v) is 8.63. The summed E-state index contributed by atoms with van der Waals surface area (Å²) in [6.45, 7) is 3.66. The summed E-state index contributed by atoms with van der Waals surface area (Å²) in [6, 6.07) is 5.20. The molecule has 9 heteroatoms. The topological polar surface area (TPSA) is 122 Å². The minimum Gasteiger partial charge on any atom is -0.479 e. The van der Waals surface area contributed by atoms with E-state index in [2.05, 4.69) is 16.6 Å². The Hall–Kier alpha value is -2.23. The van der Waals surface area contributed by atoms with Crippen molar-refractivity contribution in [3.8, 4) is 0 Å². The van der Waals surface area contributed by atoms with Crippen molar-refractivity contribution in [3.05, 3.63) is 42.5 Å². The SMILES string of the molecule is C=CCNS(=O)(=O)c1ccc(C(=O)NC2(C(=O)O)CCOC2)cc1. The largest absolute Gasteiger partial charge is 0.479 e. The molecule has 3 N–H and O–H groups in total. The number of amides is 1. The lowest BCUT2D eigenvalue weighted by molar-refractivity contribution is -0.144. The zero-order chi connectivity index (χ0) is 17.8. The lowest BCUT2D eigenvalue weighted by Gasteiger charge is -2.23. The molecule has 0 radical (unpaired) electrons. The number of rotatable bonds is 7. The quantitative estimate of drug-likeness (QED) is 0.598. The number of sulfonamides is 1. The monoisotopic (exact) mass is 354 g/mol. The molecule has 1 aliphatic rings. The van der Waals surface area contributed by atoms with Crippen LogP contribution in [0.3, 0.4) is 0 Å². The van der Waals surface area contributed by atoms with Gasteiger partial charge in [0.05, 0.1) is 11.5 Å². The highest BCUT2D eigenvalue weighted by molar-refractivity contribution is 7.89. The van der Waals surface area contributed by atoms with Gasteiger partial charge in [-0.1, -0.05) is 6.08 Å². The van der Waals surface area contributed by atoms with E-state index in [-0.39, 0.29) is 36.6 Å². The number of nitrogens with one attached hydrogen (secondary N) is 2. The Morgan fingerprint density at radius 2 is 2.00 bits per heavy atom. The Kier molecular flexibility index (Phi) is 5.37. The van der Waals surface area contributed by atoms with Crippen LogP contribution in [-0.4, -0.2) is 50.7 Å². The van der Waals surface area contributed by atoms with Crippen LogP contribution in [0.25, 0.3) is 0 Å². The Bertz CT molecular complexity index is 736. The number of carbonyl (C=O) groups excluding carboxylic acids is 1. The van der Waals surface area contributed by atoms with Gasteiger partial charge in [0.2, 0.25) is 10.0 Å². The van der Waals surface area contributed by atoms with Gasteiger partial charge < -0.3 is 15.2 Å². The van der Waals surface area contributed by atoms with E-state index in [9.17, 15) is 23.1 Å². The molecule has 0 bridgehead atoms. The van der Waals surface area contributed by atoms with Crippen molar-refractivity contribution < 1.29 is 27.9 Å². The van der Waals surface area contributed by atoms with Gasteiger partial charge in [-0.2, -0.15) is 0 Å². The van der Waals surface area contributed by atoms with E-state index < -0.39 is 27.4 Å². The Morgan fingerprint density at radius 1 is 1.33 bits per heavy atom. The van der Waals surface area contributed by atoms with Crippen LogP contribution in [0.2, 0.25) is 0 Å². The first-order valence-electron chi connectivity index (χ1n) is 7.15. The number of carbonyl (C=O) groups is 2. The van der Waals surface area contributed by atoms with Crippen LogP contribution in [0.15, 0.2) is 41.8 Å². The normalized spacial score (nSPS) is 20.5. The van der Waals surface area contributed by atoms with Gasteiger partial charge in [-0.15, -0.1) is 6.58 Å². The third kappa shape index (κ3) is 3.81. The fourth-order valence-corrected chi connectivity index (χ4v) is 3.21. The molecule has 8 nitrogen and oxygen atoms in total. The summed E-state index contributed by atoms with van der Waals surface area (Å²) >= 11 is 0. The predicted molar refractivity (Wildman–Crippen MR) is 85.1 cm³/mol. The van der Waals surface area contributed by atoms with E-state index in [4.69, 9.17) is 4.74 Å². The molecule has 0 saturated carbocycles. The average Bonchev–Trinajstić information content (AvgIpc) is 3.03. The lowest BCUT2D eigenvalue weighted by atomic mass is 9.98. The number of carboxylic acids is 1. The Labute approximate surface area is 139 Å². The average molecular weight is 354 g/mol. The second-order valence-corrected chi connectivity index (χ2v) is 7.08. The lowest BCUT2D eigenvalue weighted by Crippen LogP contribution is -2.55. The predicted octanol–water partition coefficient (Wildman–Crippen LogP) is 0.124. The maximum absolute atomic E-state index is 12.2. The molecule has 1 amide bonds. The van der Waals surface area contributed by atoms with E-state index in [1.807, 2.05) is 0 Å². The maximum Gasteiger partial charge on any atom is 0.331 e. The van der Waals surface area contributed by atoms with E-state index >= 15 is 0 Å². The van der Waals surface area contributed by atoms with Crippen LogP contribution < -0.4 is 10.0 Å². The van der Waals surface area contributed by atoms with Crippen LogP contribution in [0.5, 0.6) is 0 Å². The van der Waals surface area contributed by atoms with Crippen molar-refractivity contribution in [1.29, 1.82) is 0 Å². The first kappa shape index (κ1) is 18.1. The molecule has 1 saturated heterocycles. The number of carboxylic acid groups (broad SMARTS) is 1. The highest BCUT2D eigenvalue weighted by Crippen LogP contribution is 2.20. The summed E-state index contributed by atoms with van der Waals surface area (Å²) in [4.78, 5) is 23.6. The number of hydrogen-bond acceptors (Lipinski definition) is 5. The second-order valence-electron chi connectivity index (χ2n) is 5.31. The van der Waals surface area contributed by atoms with E-state index in [0.29, 0.717) is 0 Å². The van der Waals surface area contributed by atoms with Gasteiger partial charge in [-0.3, -0.25) is 4.79 Å². The van der Waals surface area contributed by atoms with E-state index in [1.54, 1.807) is 0 Å². The minimum absolute atomic E-state index is 0.00181. The zero-order valence-corrected chi connectivity index (χ0v) is 13.6.